The van der Waals surface area contributed by atoms with E-state index >= 15 is 0 Å². The van der Waals surface area contributed by atoms with Gasteiger partial charge in [-0.2, -0.15) is 0 Å². The predicted molar refractivity (Wildman–Crippen MR) is 91.1 cm³/mol. The molecule has 0 saturated carbocycles. The number of carbonyl (C=O) groups excluding carboxylic acids is 2. The zero-order chi connectivity index (χ0) is 17.9. The average Bonchev–Trinajstić information content (AvgIpc) is 2.53. The van der Waals surface area contributed by atoms with Crippen LogP contribution in [0.25, 0.3) is 0 Å². The summed E-state index contributed by atoms with van der Waals surface area (Å²) in [6.45, 7) is 5.03. The van der Waals surface area contributed by atoms with Gasteiger partial charge in [-0.25, -0.2) is 4.39 Å². The molecule has 1 N–H and O–H groups in total. The quantitative estimate of drug-likeness (QED) is 0.879. The fourth-order valence-electron chi connectivity index (χ4n) is 2.66. The van der Waals surface area contributed by atoms with Crippen molar-refractivity contribution in [1.29, 1.82) is 0 Å². The lowest BCUT2D eigenvalue weighted by Gasteiger charge is -2.36. The zero-order valence-electron chi connectivity index (χ0n) is 14.2. The largest absolute Gasteiger partial charge is 0.353 e. The van der Waals surface area contributed by atoms with Crippen LogP contribution >= 0.6 is 11.6 Å². The molecule has 1 saturated heterocycles. The molecule has 132 valence electrons. The Kier molecular flexibility index (Phi) is 6.18. The van der Waals surface area contributed by atoms with E-state index in [0.717, 1.165) is 0 Å². The van der Waals surface area contributed by atoms with Crippen molar-refractivity contribution in [2.45, 2.75) is 38.9 Å². The first-order valence-electron chi connectivity index (χ1n) is 8.01. The summed E-state index contributed by atoms with van der Waals surface area (Å²) >= 11 is 6.09. The SMILES string of the molecule is CC(C)N(C)C(=O)C[C@H]1C(=O)NCCN1Cc1c(F)cccc1Cl. The van der Waals surface area contributed by atoms with Gasteiger partial charge in [0.2, 0.25) is 11.8 Å². The molecular formula is C17H23ClFN3O2. The molecular weight excluding hydrogens is 333 g/mol. The second kappa shape index (κ2) is 7.94. The van der Waals surface area contributed by atoms with E-state index < -0.39 is 11.9 Å². The first-order chi connectivity index (χ1) is 11.3. The zero-order valence-corrected chi connectivity index (χ0v) is 14.9. The van der Waals surface area contributed by atoms with Crippen LogP contribution in [0.15, 0.2) is 18.2 Å². The van der Waals surface area contributed by atoms with Gasteiger partial charge in [0.05, 0.1) is 12.5 Å². The van der Waals surface area contributed by atoms with E-state index in [4.69, 9.17) is 11.6 Å². The summed E-state index contributed by atoms with van der Waals surface area (Å²) in [6, 6.07) is 3.94. The van der Waals surface area contributed by atoms with Gasteiger partial charge in [-0.1, -0.05) is 17.7 Å². The van der Waals surface area contributed by atoms with Crippen molar-refractivity contribution in [2.24, 2.45) is 0 Å². The van der Waals surface area contributed by atoms with Crippen LogP contribution in [0.4, 0.5) is 4.39 Å². The summed E-state index contributed by atoms with van der Waals surface area (Å²) in [5, 5.41) is 3.10. The molecule has 1 aromatic carbocycles. The first kappa shape index (κ1) is 18.7. The van der Waals surface area contributed by atoms with Crippen LogP contribution < -0.4 is 5.32 Å². The van der Waals surface area contributed by atoms with E-state index in [1.807, 2.05) is 18.7 Å². The monoisotopic (exact) mass is 355 g/mol. The molecule has 0 bridgehead atoms. The molecule has 0 unspecified atom stereocenters. The van der Waals surface area contributed by atoms with Gasteiger partial charge in [-0.05, 0) is 26.0 Å². The number of rotatable bonds is 5. The minimum absolute atomic E-state index is 0.0543. The molecule has 24 heavy (non-hydrogen) atoms. The molecule has 0 aromatic heterocycles. The van der Waals surface area contributed by atoms with E-state index in [9.17, 15) is 14.0 Å². The van der Waals surface area contributed by atoms with Crippen LogP contribution in [0.3, 0.4) is 0 Å². The smallest absolute Gasteiger partial charge is 0.237 e. The summed E-state index contributed by atoms with van der Waals surface area (Å²) in [6.07, 6.45) is 0.0621. The number of nitrogens with one attached hydrogen (secondary N) is 1. The number of carbonyl (C=O) groups is 2. The topological polar surface area (TPSA) is 52.7 Å². The van der Waals surface area contributed by atoms with Gasteiger partial charge in [-0.15, -0.1) is 0 Å². The summed E-state index contributed by atoms with van der Waals surface area (Å²) in [7, 11) is 1.71. The Balaban J connectivity index is 2.17. The lowest BCUT2D eigenvalue weighted by molar-refractivity contribution is -0.139. The minimum atomic E-state index is -0.622. The highest BCUT2D eigenvalue weighted by Crippen LogP contribution is 2.23. The fourth-order valence-corrected chi connectivity index (χ4v) is 2.88. The maximum Gasteiger partial charge on any atom is 0.237 e. The van der Waals surface area contributed by atoms with Crippen LogP contribution in [-0.4, -0.2) is 53.8 Å². The Labute approximate surface area is 146 Å². The average molecular weight is 356 g/mol. The van der Waals surface area contributed by atoms with E-state index in [1.165, 1.54) is 6.07 Å². The normalized spacial score (nSPS) is 18.6. The molecule has 0 aliphatic carbocycles. The number of hydrogen-bond donors (Lipinski definition) is 1. The standard InChI is InChI=1S/C17H23ClFN3O2/c1-11(2)21(3)16(23)9-15-17(24)20-7-8-22(15)10-12-13(18)5-4-6-14(12)19/h4-6,11,15H,7-10H2,1-3H3,(H,20,24)/t15-/m0/s1. The maximum absolute atomic E-state index is 14.0. The van der Waals surface area contributed by atoms with Gasteiger partial charge in [0.1, 0.15) is 5.82 Å². The molecule has 1 atom stereocenters. The van der Waals surface area contributed by atoms with Gasteiger partial charge in [-0.3, -0.25) is 14.5 Å². The van der Waals surface area contributed by atoms with Crippen molar-refractivity contribution >= 4 is 23.4 Å². The Morgan fingerprint density at radius 3 is 2.83 bits per heavy atom. The van der Waals surface area contributed by atoms with Crippen molar-refractivity contribution in [3.05, 3.63) is 34.6 Å². The molecule has 5 nitrogen and oxygen atoms in total. The maximum atomic E-state index is 14.0. The predicted octanol–water partition coefficient (Wildman–Crippen LogP) is 2.04. The van der Waals surface area contributed by atoms with E-state index in [-0.39, 0.29) is 30.8 Å². The summed E-state index contributed by atoms with van der Waals surface area (Å²) in [4.78, 5) is 28.0. The highest BCUT2D eigenvalue weighted by molar-refractivity contribution is 6.31. The van der Waals surface area contributed by atoms with Crippen LogP contribution in [0, 0.1) is 5.82 Å². The highest BCUT2D eigenvalue weighted by atomic mass is 35.5. The number of nitrogens with zero attached hydrogens (tertiary/aromatic N) is 2. The second-order valence-electron chi connectivity index (χ2n) is 6.28. The lowest BCUT2D eigenvalue weighted by atomic mass is 10.1. The first-order valence-corrected chi connectivity index (χ1v) is 8.39. The summed E-state index contributed by atoms with van der Waals surface area (Å²) in [5.41, 5.74) is 0.350. The molecule has 2 amide bonds. The molecule has 1 fully saturated rings. The van der Waals surface area contributed by atoms with Crippen molar-refractivity contribution in [3.8, 4) is 0 Å². The van der Waals surface area contributed by atoms with Crippen LogP contribution in [0.1, 0.15) is 25.8 Å². The molecule has 0 radical (unpaired) electrons. The fraction of sp³-hybridized carbons (Fsp3) is 0.529. The van der Waals surface area contributed by atoms with Gasteiger partial charge in [0, 0.05) is 43.3 Å². The molecule has 1 heterocycles. The van der Waals surface area contributed by atoms with Gasteiger partial charge in [0.25, 0.3) is 0 Å². The molecule has 7 heteroatoms. The van der Waals surface area contributed by atoms with Crippen LogP contribution in [0.5, 0.6) is 0 Å². The molecule has 2 rings (SSSR count). The van der Waals surface area contributed by atoms with E-state index in [2.05, 4.69) is 5.32 Å². The van der Waals surface area contributed by atoms with Crippen molar-refractivity contribution in [1.82, 2.24) is 15.1 Å². The van der Waals surface area contributed by atoms with Gasteiger partial charge >= 0.3 is 0 Å². The third kappa shape index (κ3) is 4.24. The Hall–Kier alpha value is -1.66. The van der Waals surface area contributed by atoms with Crippen molar-refractivity contribution < 1.29 is 14.0 Å². The number of halogens is 2. The molecule has 1 aliphatic rings. The second-order valence-corrected chi connectivity index (χ2v) is 6.69. The number of hydrogen-bond acceptors (Lipinski definition) is 3. The Morgan fingerprint density at radius 1 is 1.50 bits per heavy atom. The molecule has 0 spiro atoms. The van der Waals surface area contributed by atoms with Gasteiger partial charge in [0.15, 0.2) is 0 Å². The Morgan fingerprint density at radius 2 is 2.21 bits per heavy atom. The number of piperazine rings is 1. The summed E-state index contributed by atoms with van der Waals surface area (Å²) < 4.78 is 14.0. The molecule has 1 aromatic rings. The van der Waals surface area contributed by atoms with Crippen LogP contribution in [0.2, 0.25) is 5.02 Å². The number of benzene rings is 1. The lowest BCUT2D eigenvalue weighted by Crippen LogP contribution is -2.56. The minimum Gasteiger partial charge on any atom is -0.353 e. The third-order valence-corrected chi connectivity index (χ3v) is 4.75. The third-order valence-electron chi connectivity index (χ3n) is 4.40. The van der Waals surface area contributed by atoms with E-state index in [0.29, 0.717) is 23.7 Å². The van der Waals surface area contributed by atoms with E-state index in [1.54, 1.807) is 24.1 Å². The number of amides is 2. The molecule has 1 aliphatic heterocycles. The van der Waals surface area contributed by atoms with Gasteiger partial charge < -0.3 is 10.2 Å². The van der Waals surface area contributed by atoms with Crippen molar-refractivity contribution in [2.75, 3.05) is 20.1 Å². The summed E-state index contributed by atoms with van der Waals surface area (Å²) in [5.74, 6) is -0.728. The highest BCUT2D eigenvalue weighted by Gasteiger charge is 2.33. The Bertz CT molecular complexity index is 604. The van der Waals surface area contributed by atoms with Crippen LogP contribution in [-0.2, 0) is 16.1 Å². The van der Waals surface area contributed by atoms with Crippen molar-refractivity contribution in [3.63, 3.8) is 0 Å².